The predicted octanol–water partition coefficient (Wildman–Crippen LogP) is 3.95. The van der Waals surface area contributed by atoms with Gasteiger partial charge in [0, 0.05) is 5.69 Å². The van der Waals surface area contributed by atoms with Crippen LogP contribution in [0.1, 0.15) is 5.56 Å². The standard InChI is InChI=1S/C20H21N3O4S/c1-14-12-18(9-10-19(14)27-3)28(24,25)23-20-11-6-16(13-21-20)22-15-4-7-17(26-2)8-5-15/h4-13,22H,1-3H3,(H,21,23). The second-order valence-electron chi connectivity index (χ2n) is 6.02. The number of hydrogen-bond acceptors (Lipinski definition) is 6. The molecular weight excluding hydrogens is 378 g/mol. The van der Waals surface area contributed by atoms with Crippen molar-refractivity contribution >= 4 is 27.2 Å². The molecule has 0 bridgehead atoms. The number of methoxy groups -OCH3 is 2. The number of aromatic nitrogens is 1. The van der Waals surface area contributed by atoms with Crippen molar-refractivity contribution in [3.63, 3.8) is 0 Å². The van der Waals surface area contributed by atoms with Crippen molar-refractivity contribution in [3.05, 3.63) is 66.4 Å². The molecule has 0 aliphatic rings. The average molecular weight is 399 g/mol. The van der Waals surface area contributed by atoms with E-state index in [1.54, 1.807) is 51.6 Å². The molecular formula is C20H21N3O4S. The van der Waals surface area contributed by atoms with E-state index in [4.69, 9.17) is 9.47 Å². The maximum atomic E-state index is 12.6. The summed E-state index contributed by atoms with van der Waals surface area (Å²) in [5.74, 6) is 1.63. The number of sulfonamides is 1. The fraction of sp³-hybridized carbons (Fsp3) is 0.150. The largest absolute Gasteiger partial charge is 0.497 e. The zero-order valence-corrected chi connectivity index (χ0v) is 16.6. The van der Waals surface area contributed by atoms with Crippen LogP contribution in [0.15, 0.2) is 65.7 Å². The van der Waals surface area contributed by atoms with Crippen LogP contribution >= 0.6 is 0 Å². The van der Waals surface area contributed by atoms with Gasteiger partial charge in [0.25, 0.3) is 10.0 Å². The van der Waals surface area contributed by atoms with Crippen LogP contribution in [0, 0.1) is 6.92 Å². The first-order chi connectivity index (χ1) is 13.4. The van der Waals surface area contributed by atoms with E-state index in [2.05, 4.69) is 15.0 Å². The van der Waals surface area contributed by atoms with Gasteiger partial charge in [0.15, 0.2) is 0 Å². The number of nitrogens with zero attached hydrogens (tertiary/aromatic N) is 1. The number of aryl methyl sites for hydroxylation is 1. The van der Waals surface area contributed by atoms with E-state index in [0.29, 0.717) is 5.75 Å². The Morgan fingerprint density at radius 3 is 2.18 bits per heavy atom. The molecule has 0 saturated carbocycles. The lowest BCUT2D eigenvalue weighted by Crippen LogP contribution is -2.14. The average Bonchev–Trinajstić information content (AvgIpc) is 2.70. The van der Waals surface area contributed by atoms with Crippen molar-refractivity contribution in [2.75, 3.05) is 24.3 Å². The van der Waals surface area contributed by atoms with Crippen LogP contribution in [0.3, 0.4) is 0 Å². The monoisotopic (exact) mass is 399 g/mol. The summed E-state index contributed by atoms with van der Waals surface area (Å²) < 4.78 is 37.9. The summed E-state index contributed by atoms with van der Waals surface area (Å²) in [5, 5.41) is 3.19. The normalized spacial score (nSPS) is 11.0. The maximum absolute atomic E-state index is 12.6. The number of anilines is 3. The Labute approximate surface area is 164 Å². The molecule has 0 atom stereocenters. The van der Waals surface area contributed by atoms with Crippen LogP contribution < -0.4 is 19.5 Å². The van der Waals surface area contributed by atoms with E-state index in [0.717, 1.165) is 22.7 Å². The smallest absolute Gasteiger partial charge is 0.263 e. The molecule has 146 valence electrons. The van der Waals surface area contributed by atoms with E-state index in [-0.39, 0.29) is 10.7 Å². The molecule has 0 unspecified atom stereocenters. The van der Waals surface area contributed by atoms with E-state index in [1.807, 2.05) is 24.3 Å². The first-order valence-electron chi connectivity index (χ1n) is 8.46. The number of ether oxygens (including phenoxy) is 2. The highest BCUT2D eigenvalue weighted by atomic mass is 32.2. The van der Waals surface area contributed by atoms with Crippen molar-refractivity contribution in [2.45, 2.75) is 11.8 Å². The lowest BCUT2D eigenvalue weighted by molar-refractivity contribution is 0.411. The van der Waals surface area contributed by atoms with Crippen molar-refractivity contribution in [1.29, 1.82) is 0 Å². The van der Waals surface area contributed by atoms with Gasteiger partial charge in [-0.15, -0.1) is 0 Å². The van der Waals surface area contributed by atoms with Crippen molar-refractivity contribution in [3.8, 4) is 11.5 Å². The summed E-state index contributed by atoms with van der Waals surface area (Å²) in [5.41, 5.74) is 2.33. The van der Waals surface area contributed by atoms with Gasteiger partial charge in [-0.25, -0.2) is 13.4 Å². The van der Waals surface area contributed by atoms with Crippen LogP contribution in [-0.2, 0) is 10.0 Å². The molecule has 3 aromatic rings. The highest BCUT2D eigenvalue weighted by molar-refractivity contribution is 7.92. The summed E-state index contributed by atoms with van der Waals surface area (Å²) >= 11 is 0. The third-order valence-electron chi connectivity index (χ3n) is 4.06. The molecule has 1 heterocycles. The van der Waals surface area contributed by atoms with E-state index >= 15 is 0 Å². The summed E-state index contributed by atoms with van der Waals surface area (Å²) in [6, 6.07) is 15.5. The number of pyridine rings is 1. The number of benzene rings is 2. The number of rotatable bonds is 7. The quantitative estimate of drug-likeness (QED) is 0.625. The fourth-order valence-electron chi connectivity index (χ4n) is 2.58. The van der Waals surface area contributed by atoms with Crippen molar-refractivity contribution in [2.24, 2.45) is 0 Å². The van der Waals surface area contributed by atoms with Gasteiger partial charge in [-0.05, 0) is 67.1 Å². The molecule has 0 spiro atoms. The second kappa shape index (κ2) is 8.18. The first-order valence-corrected chi connectivity index (χ1v) is 9.94. The Hall–Kier alpha value is -3.26. The lowest BCUT2D eigenvalue weighted by atomic mass is 10.2. The molecule has 0 fully saturated rings. The van der Waals surface area contributed by atoms with E-state index in [1.165, 1.54) is 6.07 Å². The Balaban J connectivity index is 1.71. The van der Waals surface area contributed by atoms with Gasteiger partial charge in [-0.2, -0.15) is 0 Å². The molecule has 0 amide bonds. The number of nitrogens with one attached hydrogen (secondary N) is 2. The summed E-state index contributed by atoms with van der Waals surface area (Å²) in [7, 11) is -0.590. The third kappa shape index (κ3) is 4.52. The maximum Gasteiger partial charge on any atom is 0.263 e. The zero-order valence-electron chi connectivity index (χ0n) is 15.8. The minimum atomic E-state index is -3.74. The summed E-state index contributed by atoms with van der Waals surface area (Å²) in [4.78, 5) is 4.32. The molecule has 0 saturated heterocycles. The van der Waals surface area contributed by atoms with Crippen LogP contribution in [0.5, 0.6) is 11.5 Å². The second-order valence-corrected chi connectivity index (χ2v) is 7.70. The zero-order chi connectivity index (χ0) is 20.1. The topological polar surface area (TPSA) is 89.6 Å². The Bertz CT molecular complexity index is 1050. The minimum absolute atomic E-state index is 0.146. The first kappa shape index (κ1) is 19.5. The molecule has 0 aliphatic heterocycles. The predicted molar refractivity (Wildman–Crippen MR) is 109 cm³/mol. The van der Waals surface area contributed by atoms with Gasteiger partial charge in [0.2, 0.25) is 0 Å². The SMILES string of the molecule is COc1ccc(Nc2ccc(NS(=O)(=O)c3ccc(OC)c(C)c3)nc2)cc1. The van der Waals surface area contributed by atoms with Crippen LogP contribution in [0.4, 0.5) is 17.2 Å². The van der Waals surface area contributed by atoms with E-state index in [9.17, 15) is 8.42 Å². The third-order valence-corrected chi connectivity index (χ3v) is 5.41. The molecule has 0 aliphatic carbocycles. The Morgan fingerprint density at radius 1 is 0.893 bits per heavy atom. The molecule has 8 heteroatoms. The van der Waals surface area contributed by atoms with Crippen LogP contribution in [-0.4, -0.2) is 27.6 Å². The molecule has 1 aromatic heterocycles. The van der Waals surface area contributed by atoms with Gasteiger partial charge in [-0.3, -0.25) is 4.72 Å². The highest BCUT2D eigenvalue weighted by Crippen LogP contribution is 2.24. The lowest BCUT2D eigenvalue weighted by Gasteiger charge is -2.11. The Kier molecular flexibility index (Phi) is 5.70. The van der Waals surface area contributed by atoms with Crippen LogP contribution in [0.25, 0.3) is 0 Å². The molecule has 3 rings (SSSR count). The highest BCUT2D eigenvalue weighted by Gasteiger charge is 2.16. The van der Waals surface area contributed by atoms with Crippen molar-refractivity contribution < 1.29 is 17.9 Å². The van der Waals surface area contributed by atoms with E-state index < -0.39 is 10.0 Å². The Morgan fingerprint density at radius 2 is 1.61 bits per heavy atom. The van der Waals surface area contributed by atoms with Gasteiger partial charge in [-0.1, -0.05) is 0 Å². The summed E-state index contributed by atoms with van der Waals surface area (Å²) in [6.45, 7) is 1.79. The van der Waals surface area contributed by atoms with Crippen LogP contribution in [0.2, 0.25) is 0 Å². The molecule has 2 N–H and O–H groups in total. The van der Waals surface area contributed by atoms with Gasteiger partial charge >= 0.3 is 0 Å². The minimum Gasteiger partial charge on any atom is -0.497 e. The molecule has 0 radical (unpaired) electrons. The molecule has 7 nitrogen and oxygen atoms in total. The van der Waals surface area contributed by atoms with Gasteiger partial charge in [0.1, 0.15) is 17.3 Å². The van der Waals surface area contributed by atoms with Crippen molar-refractivity contribution in [1.82, 2.24) is 4.98 Å². The molecule has 2 aromatic carbocycles. The summed E-state index contributed by atoms with van der Waals surface area (Å²) in [6.07, 6.45) is 1.56. The van der Waals surface area contributed by atoms with Gasteiger partial charge in [0.05, 0.1) is 31.0 Å². The number of hydrogen-bond donors (Lipinski definition) is 2. The fourth-order valence-corrected chi connectivity index (χ4v) is 3.68. The van der Waals surface area contributed by atoms with Gasteiger partial charge < -0.3 is 14.8 Å². The molecule has 28 heavy (non-hydrogen) atoms.